The summed E-state index contributed by atoms with van der Waals surface area (Å²) in [5.41, 5.74) is 2.71. The number of carbonyl (C=O) groups is 1. The molecule has 0 unspecified atom stereocenters. The number of nitrogens with zero attached hydrogens (tertiary/aromatic N) is 3. The van der Waals surface area contributed by atoms with E-state index in [0.717, 1.165) is 43.4 Å². The highest BCUT2D eigenvalue weighted by molar-refractivity contribution is 5.94. The van der Waals surface area contributed by atoms with Crippen LogP contribution in [0.15, 0.2) is 42.6 Å². The second-order valence-electron chi connectivity index (χ2n) is 6.25. The van der Waals surface area contributed by atoms with E-state index in [4.69, 9.17) is 4.74 Å². The van der Waals surface area contributed by atoms with Crippen molar-refractivity contribution in [3.05, 3.63) is 53.7 Å². The third-order valence-electron chi connectivity index (χ3n) is 4.24. The quantitative estimate of drug-likeness (QED) is 0.901. The molecule has 1 N–H and O–H groups in total. The van der Waals surface area contributed by atoms with E-state index in [1.807, 2.05) is 61.6 Å². The van der Waals surface area contributed by atoms with E-state index in [9.17, 15) is 4.79 Å². The summed E-state index contributed by atoms with van der Waals surface area (Å²) in [4.78, 5) is 21.0. The van der Waals surface area contributed by atoms with Gasteiger partial charge in [-0.1, -0.05) is 6.07 Å². The molecule has 132 valence electrons. The van der Waals surface area contributed by atoms with Gasteiger partial charge in [0.1, 0.15) is 5.82 Å². The summed E-state index contributed by atoms with van der Waals surface area (Å²) in [6.07, 6.45) is 1.82. The SMILES string of the molecule is CN(C)c1ccc(C(=O)NCc2ccc(N3CCOCC3)nc2)cc1. The molecule has 2 aromatic rings. The van der Waals surface area contributed by atoms with E-state index in [1.165, 1.54) is 0 Å². The van der Waals surface area contributed by atoms with Crippen molar-refractivity contribution in [1.29, 1.82) is 0 Å². The Morgan fingerprint density at radius 3 is 2.48 bits per heavy atom. The second-order valence-corrected chi connectivity index (χ2v) is 6.25. The number of carbonyl (C=O) groups excluding carboxylic acids is 1. The van der Waals surface area contributed by atoms with Crippen LogP contribution in [0.25, 0.3) is 0 Å². The van der Waals surface area contributed by atoms with Crippen LogP contribution in [-0.4, -0.2) is 51.3 Å². The smallest absolute Gasteiger partial charge is 0.251 e. The van der Waals surface area contributed by atoms with Gasteiger partial charge in [-0.15, -0.1) is 0 Å². The molecule has 2 heterocycles. The Kier molecular flexibility index (Phi) is 5.50. The molecule has 0 atom stereocenters. The average Bonchev–Trinajstić information content (AvgIpc) is 2.67. The first kappa shape index (κ1) is 17.2. The molecule has 1 saturated heterocycles. The summed E-state index contributed by atoms with van der Waals surface area (Å²) in [6, 6.07) is 11.6. The lowest BCUT2D eigenvalue weighted by atomic mass is 10.2. The Morgan fingerprint density at radius 2 is 1.88 bits per heavy atom. The van der Waals surface area contributed by atoms with Gasteiger partial charge in [-0.25, -0.2) is 4.98 Å². The number of pyridine rings is 1. The van der Waals surface area contributed by atoms with Gasteiger partial charge in [0.05, 0.1) is 13.2 Å². The zero-order valence-electron chi connectivity index (χ0n) is 14.7. The normalized spacial score (nSPS) is 14.2. The fourth-order valence-electron chi connectivity index (χ4n) is 2.70. The molecule has 3 rings (SSSR count). The minimum atomic E-state index is -0.0810. The van der Waals surface area contributed by atoms with Crippen LogP contribution in [0.5, 0.6) is 0 Å². The highest BCUT2D eigenvalue weighted by Crippen LogP contribution is 2.14. The predicted octanol–water partition coefficient (Wildman–Crippen LogP) is 1.91. The Hall–Kier alpha value is -2.60. The van der Waals surface area contributed by atoms with Gasteiger partial charge in [-0.2, -0.15) is 0 Å². The van der Waals surface area contributed by atoms with Crippen molar-refractivity contribution >= 4 is 17.4 Å². The van der Waals surface area contributed by atoms with Crippen molar-refractivity contribution in [1.82, 2.24) is 10.3 Å². The van der Waals surface area contributed by atoms with Crippen LogP contribution in [0.2, 0.25) is 0 Å². The fraction of sp³-hybridized carbons (Fsp3) is 0.368. The Bertz CT molecular complexity index is 692. The molecule has 0 bridgehead atoms. The van der Waals surface area contributed by atoms with Gasteiger partial charge in [0.25, 0.3) is 5.91 Å². The molecular formula is C19H24N4O2. The van der Waals surface area contributed by atoms with E-state index in [-0.39, 0.29) is 5.91 Å². The second kappa shape index (κ2) is 7.98. The minimum absolute atomic E-state index is 0.0810. The van der Waals surface area contributed by atoms with Gasteiger partial charge in [0, 0.05) is 51.2 Å². The third kappa shape index (κ3) is 4.48. The van der Waals surface area contributed by atoms with Gasteiger partial charge in [-0.05, 0) is 35.9 Å². The first-order valence-corrected chi connectivity index (χ1v) is 8.47. The van der Waals surface area contributed by atoms with Crippen molar-refractivity contribution < 1.29 is 9.53 Å². The Morgan fingerprint density at radius 1 is 1.16 bits per heavy atom. The number of aromatic nitrogens is 1. The largest absolute Gasteiger partial charge is 0.378 e. The molecule has 6 heteroatoms. The summed E-state index contributed by atoms with van der Waals surface area (Å²) in [7, 11) is 3.95. The maximum atomic E-state index is 12.2. The van der Waals surface area contributed by atoms with Gasteiger partial charge in [-0.3, -0.25) is 4.79 Å². The zero-order chi connectivity index (χ0) is 17.6. The highest BCUT2D eigenvalue weighted by Gasteiger charge is 2.12. The zero-order valence-corrected chi connectivity index (χ0v) is 14.7. The maximum absolute atomic E-state index is 12.2. The average molecular weight is 340 g/mol. The molecule has 1 fully saturated rings. The summed E-state index contributed by atoms with van der Waals surface area (Å²) in [6.45, 7) is 3.68. The number of hydrogen-bond acceptors (Lipinski definition) is 5. The first-order valence-electron chi connectivity index (χ1n) is 8.47. The molecule has 0 spiro atoms. The predicted molar refractivity (Wildman–Crippen MR) is 99.2 cm³/mol. The maximum Gasteiger partial charge on any atom is 0.251 e. The number of nitrogens with one attached hydrogen (secondary N) is 1. The Balaban J connectivity index is 1.54. The molecule has 1 aromatic carbocycles. The van der Waals surface area contributed by atoms with E-state index in [1.54, 1.807) is 0 Å². The van der Waals surface area contributed by atoms with E-state index in [0.29, 0.717) is 12.1 Å². The van der Waals surface area contributed by atoms with Crippen LogP contribution in [0.4, 0.5) is 11.5 Å². The van der Waals surface area contributed by atoms with Crippen molar-refractivity contribution in [2.24, 2.45) is 0 Å². The molecule has 1 aliphatic heterocycles. The van der Waals surface area contributed by atoms with Crippen molar-refractivity contribution in [3.63, 3.8) is 0 Å². The lowest BCUT2D eigenvalue weighted by Gasteiger charge is -2.27. The van der Waals surface area contributed by atoms with Crippen LogP contribution in [0.1, 0.15) is 15.9 Å². The molecular weight excluding hydrogens is 316 g/mol. The van der Waals surface area contributed by atoms with Crippen LogP contribution in [0, 0.1) is 0 Å². The van der Waals surface area contributed by atoms with E-state index in [2.05, 4.69) is 15.2 Å². The monoisotopic (exact) mass is 340 g/mol. The van der Waals surface area contributed by atoms with Crippen LogP contribution >= 0.6 is 0 Å². The van der Waals surface area contributed by atoms with Crippen LogP contribution in [-0.2, 0) is 11.3 Å². The minimum Gasteiger partial charge on any atom is -0.378 e. The third-order valence-corrected chi connectivity index (χ3v) is 4.24. The number of amides is 1. The summed E-state index contributed by atoms with van der Waals surface area (Å²) >= 11 is 0. The summed E-state index contributed by atoms with van der Waals surface area (Å²) < 4.78 is 5.35. The first-order chi connectivity index (χ1) is 12.1. The number of benzene rings is 1. The fourth-order valence-corrected chi connectivity index (χ4v) is 2.70. The highest BCUT2D eigenvalue weighted by atomic mass is 16.5. The standard InChI is InChI=1S/C19H24N4O2/c1-22(2)17-6-4-16(5-7-17)19(24)21-14-15-3-8-18(20-13-15)23-9-11-25-12-10-23/h3-8,13H,9-12,14H2,1-2H3,(H,21,24). The molecule has 6 nitrogen and oxygen atoms in total. The molecule has 1 amide bonds. The molecule has 1 aromatic heterocycles. The van der Waals surface area contributed by atoms with Crippen molar-refractivity contribution in [3.8, 4) is 0 Å². The van der Waals surface area contributed by atoms with E-state index >= 15 is 0 Å². The molecule has 25 heavy (non-hydrogen) atoms. The van der Waals surface area contributed by atoms with Crippen molar-refractivity contribution in [2.45, 2.75) is 6.54 Å². The van der Waals surface area contributed by atoms with E-state index < -0.39 is 0 Å². The number of hydrogen-bond donors (Lipinski definition) is 1. The Labute approximate surface area is 148 Å². The lowest BCUT2D eigenvalue weighted by molar-refractivity contribution is 0.0951. The molecule has 1 aliphatic rings. The van der Waals surface area contributed by atoms with Crippen LogP contribution < -0.4 is 15.1 Å². The summed E-state index contributed by atoms with van der Waals surface area (Å²) in [5.74, 6) is 0.875. The van der Waals surface area contributed by atoms with Crippen LogP contribution in [0.3, 0.4) is 0 Å². The summed E-state index contributed by atoms with van der Waals surface area (Å²) in [5, 5.41) is 2.94. The topological polar surface area (TPSA) is 57.7 Å². The van der Waals surface area contributed by atoms with Gasteiger partial charge in [0.2, 0.25) is 0 Å². The van der Waals surface area contributed by atoms with Crippen molar-refractivity contribution in [2.75, 3.05) is 50.2 Å². The lowest BCUT2D eigenvalue weighted by Crippen LogP contribution is -2.36. The number of anilines is 2. The number of ether oxygens (including phenoxy) is 1. The van der Waals surface area contributed by atoms with Gasteiger partial charge in [0.15, 0.2) is 0 Å². The molecule has 0 radical (unpaired) electrons. The number of rotatable bonds is 5. The molecule has 0 aliphatic carbocycles. The van der Waals surface area contributed by atoms with Gasteiger partial charge >= 0.3 is 0 Å². The molecule has 0 saturated carbocycles. The number of morpholine rings is 1. The van der Waals surface area contributed by atoms with Gasteiger partial charge < -0.3 is 19.9 Å².